The SMILES string of the molecule is COc1cc(C2CN(Cc3ccccc3)CCO2)ccn1. The lowest BCUT2D eigenvalue weighted by Crippen LogP contribution is -2.37. The van der Waals surface area contributed by atoms with Crippen molar-refractivity contribution in [3.05, 3.63) is 59.8 Å². The van der Waals surface area contributed by atoms with Gasteiger partial charge in [0, 0.05) is 31.9 Å². The maximum Gasteiger partial charge on any atom is 0.213 e. The zero-order valence-electron chi connectivity index (χ0n) is 12.2. The molecule has 1 aliphatic heterocycles. The Morgan fingerprint density at radius 3 is 2.95 bits per heavy atom. The van der Waals surface area contributed by atoms with E-state index < -0.39 is 0 Å². The molecule has 4 nitrogen and oxygen atoms in total. The molecule has 1 fully saturated rings. The molecule has 1 aliphatic rings. The molecule has 0 radical (unpaired) electrons. The summed E-state index contributed by atoms with van der Waals surface area (Å²) < 4.78 is 11.1. The quantitative estimate of drug-likeness (QED) is 0.864. The first-order chi connectivity index (χ1) is 10.3. The van der Waals surface area contributed by atoms with Gasteiger partial charge < -0.3 is 9.47 Å². The second kappa shape index (κ2) is 6.70. The van der Waals surface area contributed by atoms with Crippen molar-refractivity contribution >= 4 is 0 Å². The maximum absolute atomic E-state index is 5.91. The average molecular weight is 284 g/mol. The van der Waals surface area contributed by atoms with E-state index in [0.29, 0.717) is 5.88 Å². The third-order valence-corrected chi connectivity index (χ3v) is 3.74. The number of rotatable bonds is 4. The minimum absolute atomic E-state index is 0.0827. The maximum atomic E-state index is 5.91. The number of pyridine rings is 1. The van der Waals surface area contributed by atoms with Gasteiger partial charge >= 0.3 is 0 Å². The van der Waals surface area contributed by atoms with Crippen LogP contribution < -0.4 is 4.74 Å². The fourth-order valence-electron chi connectivity index (χ4n) is 2.63. The predicted molar refractivity (Wildman–Crippen MR) is 81.2 cm³/mol. The van der Waals surface area contributed by atoms with Crippen LogP contribution in [0.5, 0.6) is 5.88 Å². The van der Waals surface area contributed by atoms with Crippen molar-refractivity contribution in [3.8, 4) is 5.88 Å². The van der Waals surface area contributed by atoms with Gasteiger partial charge in [0.05, 0.1) is 19.8 Å². The third kappa shape index (κ3) is 3.60. The summed E-state index contributed by atoms with van der Waals surface area (Å²) in [7, 11) is 1.63. The molecule has 110 valence electrons. The lowest BCUT2D eigenvalue weighted by Gasteiger charge is -2.33. The number of aromatic nitrogens is 1. The van der Waals surface area contributed by atoms with Gasteiger partial charge in [-0.05, 0) is 17.2 Å². The molecule has 1 aromatic heterocycles. The average Bonchev–Trinajstić information content (AvgIpc) is 2.56. The van der Waals surface area contributed by atoms with Crippen LogP contribution in [0.3, 0.4) is 0 Å². The first kappa shape index (κ1) is 14.0. The highest BCUT2D eigenvalue weighted by Crippen LogP contribution is 2.24. The summed E-state index contributed by atoms with van der Waals surface area (Å²) in [4.78, 5) is 6.58. The van der Waals surface area contributed by atoms with Crippen molar-refractivity contribution in [2.24, 2.45) is 0 Å². The smallest absolute Gasteiger partial charge is 0.213 e. The molecule has 2 aromatic rings. The Balaban J connectivity index is 1.67. The van der Waals surface area contributed by atoms with E-state index in [0.717, 1.165) is 31.8 Å². The molecule has 1 unspecified atom stereocenters. The fraction of sp³-hybridized carbons (Fsp3) is 0.353. The molecule has 0 N–H and O–H groups in total. The van der Waals surface area contributed by atoms with Gasteiger partial charge in [-0.25, -0.2) is 4.98 Å². The van der Waals surface area contributed by atoms with E-state index in [-0.39, 0.29) is 6.10 Å². The van der Waals surface area contributed by atoms with E-state index in [1.54, 1.807) is 13.3 Å². The molecule has 0 bridgehead atoms. The Morgan fingerprint density at radius 2 is 2.14 bits per heavy atom. The number of ether oxygens (including phenoxy) is 2. The monoisotopic (exact) mass is 284 g/mol. The zero-order chi connectivity index (χ0) is 14.5. The predicted octanol–water partition coefficient (Wildman–Crippen LogP) is 2.66. The van der Waals surface area contributed by atoms with Crippen molar-refractivity contribution in [1.29, 1.82) is 0 Å². The highest BCUT2D eigenvalue weighted by Gasteiger charge is 2.22. The molecule has 21 heavy (non-hydrogen) atoms. The molecule has 0 saturated carbocycles. The Labute approximate surface area is 125 Å². The zero-order valence-corrected chi connectivity index (χ0v) is 12.2. The molecule has 1 aromatic carbocycles. The second-order valence-corrected chi connectivity index (χ2v) is 5.21. The number of benzene rings is 1. The van der Waals surface area contributed by atoms with Gasteiger partial charge in [-0.3, -0.25) is 4.90 Å². The highest BCUT2D eigenvalue weighted by molar-refractivity contribution is 5.23. The molecule has 0 aliphatic carbocycles. The van der Waals surface area contributed by atoms with E-state index in [2.05, 4.69) is 40.2 Å². The van der Waals surface area contributed by atoms with Crippen LogP contribution in [-0.4, -0.2) is 36.7 Å². The van der Waals surface area contributed by atoms with Gasteiger partial charge in [0.25, 0.3) is 0 Å². The molecule has 3 rings (SSSR count). The van der Waals surface area contributed by atoms with Crippen LogP contribution in [-0.2, 0) is 11.3 Å². The molecular weight excluding hydrogens is 264 g/mol. The number of hydrogen-bond donors (Lipinski definition) is 0. The van der Waals surface area contributed by atoms with Crippen LogP contribution in [0, 0.1) is 0 Å². The van der Waals surface area contributed by atoms with Crippen LogP contribution >= 0.6 is 0 Å². The van der Waals surface area contributed by atoms with Crippen molar-refractivity contribution in [3.63, 3.8) is 0 Å². The number of methoxy groups -OCH3 is 1. The minimum Gasteiger partial charge on any atom is -0.481 e. The van der Waals surface area contributed by atoms with Crippen molar-refractivity contribution in [1.82, 2.24) is 9.88 Å². The topological polar surface area (TPSA) is 34.6 Å². The number of morpholine rings is 1. The normalized spacial score (nSPS) is 19.4. The minimum atomic E-state index is 0.0827. The highest BCUT2D eigenvalue weighted by atomic mass is 16.5. The van der Waals surface area contributed by atoms with Crippen LogP contribution in [0.1, 0.15) is 17.2 Å². The van der Waals surface area contributed by atoms with Crippen LogP contribution in [0.2, 0.25) is 0 Å². The summed E-state index contributed by atoms with van der Waals surface area (Å²) in [5.74, 6) is 0.635. The lowest BCUT2D eigenvalue weighted by atomic mass is 10.1. The van der Waals surface area contributed by atoms with Crippen molar-refractivity contribution < 1.29 is 9.47 Å². The van der Waals surface area contributed by atoms with E-state index in [1.165, 1.54) is 5.56 Å². The summed E-state index contributed by atoms with van der Waals surface area (Å²) in [5.41, 5.74) is 2.46. The van der Waals surface area contributed by atoms with Gasteiger partial charge in [-0.2, -0.15) is 0 Å². The van der Waals surface area contributed by atoms with Gasteiger partial charge in [-0.1, -0.05) is 30.3 Å². The van der Waals surface area contributed by atoms with Crippen LogP contribution in [0.25, 0.3) is 0 Å². The van der Waals surface area contributed by atoms with Crippen LogP contribution in [0.4, 0.5) is 0 Å². The first-order valence-electron chi connectivity index (χ1n) is 7.23. The van der Waals surface area contributed by atoms with Crippen molar-refractivity contribution in [2.45, 2.75) is 12.6 Å². The molecule has 1 atom stereocenters. The van der Waals surface area contributed by atoms with Crippen LogP contribution in [0.15, 0.2) is 48.7 Å². The van der Waals surface area contributed by atoms with Gasteiger partial charge in [0.2, 0.25) is 5.88 Å². The van der Waals surface area contributed by atoms with E-state index >= 15 is 0 Å². The fourth-order valence-corrected chi connectivity index (χ4v) is 2.63. The molecule has 2 heterocycles. The lowest BCUT2D eigenvalue weighted by molar-refractivity contribution is -0.0330. The summed E-state index contributed by atoms with van der Waals surface area (Å²) in [5, 5.41) is 0. The molecule has 0 spiro atoms. The standard InChI is InChI=1S/C17H20N2O2/c1-20-17-11-15(7-8-18-17)16-13-19(9-10-21-16)12-14-5-3-2-4-6-14/h2-8,11,16H,9-10,12-13H2,1H3. The largest absolute Gasteiger partial charge is 0.481 e. The molecular formula is C17H20N2O2. The third-order valence-electron chi connectivity index (χ3n) is 3.74. The second-order valence-electron chi connectivity index (χ2n) is 5.21. The van der Waals surface area contributed by atoms with E-state index in [4.69, 9.17) is 9.47 Å². The summed E-state index contributed by atoms with van der Waals surface area (Å²) in [6.45, 7) is 3.57. The first-order valence-corrected chi connectivity index (χ1v) is 7.23. The Hall–Kier alpha value is -1.91. The van der Waals surface area contributed by atoms with Gasteiger partial charge in [-0.15, -0.1) is 0 Å². The molecule has 0 amide bonds. The van der Waals surface area contributed by atoms with Gasteiger partial charge in [0.1, 0.15) is 0 Å². The Morgan fingerprint density at radius 1 is 1.29 bits per heavy atom. The van der Waals surface area contributed by atoms with E-state index in [9.17, 15) is 0 Å². The number of hydrogen-bond acceptors (Lipinski definition) is 4. The van der Waals surface area contributed by atoms with Crippen molar-refractivity contribution in [2.75, 3.05) is 26.8 Å². The molecule has 4 heteroatoms. The Bertz CT molecular complexity index is 574. The Kier molecular flexibility index (Phi) is 4.48. The summed E-state index contributed by atoms with van der Waals surface area (Å²) in [6, 6.07) is 14.5. The van der Waals surface area contributed by atoms with E-state index in [1.807, 2.05) is 12.1 Å². The molecule has 1 saturated heterocycles. The van der Waals surface area contributed by atoms with Gasteiger partial charge in [0.15, 0.2) is 0 Å². The summed E-state index contributed by atoms with van der Waals surface area (Å²) in [6.07, 6.45) is 1.85. The number of nitrogens with zero attached hydrogens (tertiary/aromatic N) is 2. The summed E-state index contributed by atoms with van der Waals surface area (Å²) >= 11 is 0.